The van der Waals surface area contributed by atoms with E-state index in [0.717, 1.165) is 61.3 Å². The van der Waals surface area contributed by atoms with E-state index in [-0.39, 0.29) is 10.9 Å². The first-order chi connectivity index (χ1) is 25.6. The number of nitrogens with zero attached hydrogens (tertiary/aromatic N) is 2. The zero-order valence-corrected chi connectivity index (χ0v) is 27.7. The van der Waals surface area contributed by atoms with E-state index in [2.05, 4.69) is 46.4 Å². The van der Waals surface area contributed by atoms with E-state index in [0.29, 0.717) is 27.5 Å². The van der Waals surface area contributed by atoms with Gasteiger partial charge in [0.15, 0.2) is 11.6 Å². The second-order valence-electron chi connectivity index (χ2n) is 13.0. The molecule has 52 heavy (non-hydrogen) atoms. The van der Waals surface area contributed by atoms with Gasteiger partial charge < -0.3 is 9.97 Å². The maximum Gasteiger partial charge on any atom is 0.168 e. The van der Waals surface area contributed by atoms with Gasteiger partial charge in [0.05, 0.1) is 22.6 Å². The Balaban J connectivity index is 1.48. The lowest BCUT2D eigenvalue weighted by atomic mass is 10.0. The van der Waals surface area contributed by atoms with Crippen LogP contribution in [0.5, 0.6) is 0 Å². The highest BCUT2D eigenvalue weighted by atomic mass is 19.2. The molecule has 0 amide bonds. The third-order valence-electron chi connectivity index (χ3n) is 9.91. The second-order valence-corrected chi connectivity index (χ2v) is 13.0. The lowest BCUT2D eigenvalue weighted by Gasteiger charge is -2.05. The molecule has 4 nitrogen and oxygen atoms in total. The Kier molecular flexibility index (Phi) is 6.83. The largest absolute Gasteiger partial charge is 0.354 e. The maximum atomic E-state index is 16.5. The van der Waals surface area contributed by atoms with Gasteiger partial charge in [-0.05, 0) is 64.6 Å². The molecule has 2 N–H and O–H groups in total. The number of halogens is 2. The standard InChI is InChI=1S/C46H28F2N4/c47-44-31-19-11-10-18-30(31)43-38-25-24-36(51-38)41(28-14-6-2-7-15-28)34-21-20-33(49-34)40(27-12-4-1-5-13-27)35-22-23-37(50-35)42(29-16-8-3-9-17-29)39-26-32(45(44)48)46(43)52-39/h1-26,50-51H. The molecule has 246 valence electrons. The van der Waals surface area contributed by atoms with Crippen molar-refractivity contribution in [3.05, 3.63) is 169 Å². The van der Waals surface area contributed by atoms with Crippen molar-refractivity contribution in [1.82, 2.24) is 19.9 Å². The number of fused-ring (bicyclic) bond motifs is 10. The first kappa shape index (κ1) is 29.9. The Morgan fingerprint density at radius 3 is 1.46 bits per heavy atom. The Hall–Kier alpha value is -6.92. The van der Waals surface area contributed by atoms with Crippen LogP contribution in [0.15, 0.2) is 146 Å². The first-order valence-electron chi connectivity index (χ1n) is 17.1. The van der Waals surface area contributed by atoms with Gasteiger partial charge in [-0.15, -0.1) is 0 Å². The second kappa shape index (κ2) is 11.9. The smallest absolute Gasteiger partial charge is 0.168 e. The molecule has 0 radical (unpaired) electrons. The summed E-state index contributed by atoms with van der Waals surface area (Å²) in [4.78, 5) is 17.8. The molecule has 7 aromatic rings. The highest BCUT2D eigenvalue weighted by Crippen LogP contribution is 2.42. The van der Waals surface area contributed by atoms with E-state index in [4.69, 9.17) is 9.97 Å². The Morgan fingerprint density at radius 2 is 0.885 bits per heavy atom. The Morgan fingerprint density at radius 1 is 0.423 bits per heavy atom. The van der Waals surface area contributed by atoms with E-state index in [1.165, 1.54) is 0 Å². The maximum absolute atomic E-state index is 16.5. The van der Waals surface area contributed by atoms with E-state index in [1.807, 2.05) is 103 Å². The highest BCUT2D eigenvalue weighted by molar-refractivity contribution is 6.14. The summed E-state index contributed by atoms with van der Waals surface area (Å²) in [5.74, 6) is -1.85. The van der Waals surface area contributed by atoms with E-state index >= 15 is 8.78 Å². The van der Waals surface area contributed by atoms with Crippen LogP contribution in [0, 0.1) is 11.6 Å². The zero-order valence-electron chi connectivity index (χ0n) is 27.7. The topological polar surface area (TPSA) is 57.4 Å². The lowest BCUT2D eigenvalue weighted by molar-refractivity contribution is 0.521. The molecule has 0 saturated carbocycles. The number of H-pyrrole nitrogens is 2. The van der Waals surface area contributed by atoms with Crippen molar-refractivity contribution in [3.8, 4) is 44.6 Å². The van der Waals surface area contributed by atoms with Crippen LogP contribution in [0.4, 0.5) is 8.78 Å². The lowest BCUT2D eigenvalue weighted by Crippen LogP contribution is -1.88. The van der Waals surface area contributed by atoms with Crippen LogP contribution >= 0.6 is 0 Å². The summed E-state index contributed by atoms with van der Waals surface area (Å²) in [7, 11) is 0. The van der Waals surface area contributed by atoms with Crippen LogP contribution in [0.25, 0.3) is 101 Å². The van der Waals surface area contributed by atoms with E-state index in [9.17, 15) is 0 Å². The number of aromatic nitrogens is 4. The average molecular weight is 675 g/mol. The molecule has 0 atom stereocenters. The fourth-order valence-corrected chi connectivity index (χ4v) is 7.59. The molecule has 8 bridgehead atoms. The SMILES string of the molecule is Fc1c2cc3nc-2c(c2ccc([nH]2)c(-c2ccccc2)c2nc(c(-c4ccccc4)c4ccc([nH]4)c3-c3ccccc3)C=C2)c2ccccc2c1F. The molecule has 3 aliphatic rings. The van der Waals surface area contributed by atoms with Gasteiger partial charge in [0.2, 0.25) is 0 Å². The molecular formula is C46H28F2N4. The number of hydrogen-bond donors (Lipinski definition) is 2. The molecule has 0 spiro atoms. The Labute approximate surface area is 297 Å². The van der Waals surface area contributed by atoms with E-state index in [1.54, 1.807) is 18.2 Å². The monoisotopic (exact) mass is 674 g/mol. The minimum Gasteiger partial charge on any atom is -0.354 e. The first-order valence-corrected chi connectivity index (χ1v) is 17.1. The predicted octanol–water partition coefficient (Wildman–Crippen LogP) is 12.3. The van der Waals surface area contributed by atoms with Crippen molar-refractivity contribution in [2.75, 3.05) is 0 Å². The van der Waals surface area contributed by atoms with Crippen LogP contribution in [0.2, 0.25) is 0 Å². The molecule has 1 aliphatic carbocycles. The zero-order chi connectivity index (χ0) is 34.8. The van der Waals surface area contributed by atoms with Gasteiger partial charge in [-0.2, -0.15) is 0 Å². The Bertz CT molecular complexity index is 2960. The molecule has 0 saturated heterocycles. The van der Waals surface area contributed by atoms with Gasteiger partial charge in [-0.3, -0.25) is 0 Å². The summed E-state index contributed by atoms with van der Waals surface area (Å²) in [6.07, 6.45) is 4.12. The molecule has 3 aromatic heterocycles. The minimum atomic E-state index is -0.940. The molecule has 10 rings (SSSR count). The fraction of sp³-hybridized carbons (Fsp3) is 0. The highest BCUT2D eigenvalue weighted by Gasteiger charge is 2.24. The van der Waals surface area contributed by atoms with Gasteiger partial charge in [0.1, 0.15) is 0 Å². The van der Waals surface area contributed by atoms with Crippen molar-refractivity contribution >= 4 is 55.9 Å². The van der Waals surface area contributed by atoms with Crippen LogP contribution in [0.1, 0.15) is 11.4 Å². The molecule has 6 heteroatoms. The number of nitrogens with one attached hydrogen (secondary N) is 2. The van der Waals surface area contributed by atoms with Gasteiger partial charge in [-0.25, -0.2) is 18.7 Å². The normalized spacial score (nSPS) is 12.0. The van der Waals surface area contributed by atoms with Gasteiger partial charge >= 0.3 is 0 Å². The summed E-state index contributed by atoms with van der Waals surface area (Å²) in [5.41, 5.74) is 11.2. The third kappa shape index (κ3) is 4.72. The quantitative estimate of drug-likeness (QED) is 0.196. The van der Waals surface area contributed by atoms with E-state index < -0.39 is 11.6 Å². The molecule has 0 unspecified atom stereocenters. The summed E-state index contributed by atoms with van der Waals surface area (Å²) in [6.45, 7) is 0. The minimum absolute atomic E-state index is 0.102. The van der Waals surface area contributed by atoms with Crippen molar-refractivity contribution < 1.29 is 8.78 Å². The van der Waals surface area contributed by atoms with Crippen molar-refractivity contribution in [3.63, 3.8) is 0 Å². The van der Waals surface area contributed by atoms with Crippen molar-refractivity contribution in [1.29, 1.82) is 0 Å². The van der Waals surface area contributed by atoms with Crippen molar-refractivity contribution in [2.24, 2.45) is 0 Å². The van der Waals surface area contributed by atoms with Crippen molar-refractivity contribution in [2.45, 2.75) is 0 Å². The predicted molar refractivity (Wildman–Crippen MR) is 209 cm³/mol. The van der Waals surface area contributed by atoms with Gasteiger partial charge in [0, 0.05) is 55.1 Å². The summed E-state index contributed by atoms with van der Waals surface area (Å²) < 4.78 is 32.7. The molecule has 5 heterocycles. The fourth-order valence-electron chi connectivity index (χ4n) is 7.59. The number of benzene rings is 4. The number of rotatable bonds is 3. The molecule has 0 fully saturated rings. The van der Waals surface area contributed by atoms with Crippen LogP contribution < -0.4 is 0 Å². The molecule has 2 aliphatic heterocycles. The molecular weight excluding hydrogens is 647 g/mol. The summed E-state index contributed by atoms with van der Waals surface area (Å²) in [6, 6.07) is 47.0. The third-order valence-corrected chi connectivity index (χ3v) is 9.91. The summed E-state index contributed by atoms with van der Waals surface area (Å²) >= 11 is 0. The number of hydrogen-bond acceptors (Lipinski definition) is 2. The van der Waals surface area contributed by atoms with Crippen LogP contribution in [0.3, 0.4) is 0 Å². The van der Waals surface area contributed by atoms with Crippen LogP contribution in [-0.4, -0.2) is 19.9 Å². The van der Waals surface area contributed by atoms with Gasteiger partial charge in [0.25, 0.3) is 0 Å². The summed E-state index contributed by atoms with van der Waals surface area (Å²) in [5, 5.41) is 1.34. The van der Waals surface area contributed by atoms with Gasteiger partial charge in [-0.1, -0.05) is 115 Å². The molecule has 4 aromatic carbocycles. The average Bonchev–Trinajstić information content (AvgIpc) is 4.02. The number of aromatic amines is 2. The van der Waals surface area contributed by atoms with Crippen LogP contribution in [-0.2, 0) is 0 Å².